The summed E-state index contributed by atoms with van der Waals surface area (Å²) in [7, 11) is 0. The van der Waals surface area contributed by atoms with E-state index >= 15 is 0 Å². The molecule has 0 bridgehead atoms. The molecular weight excluding hydrogens is 282 g/mol. The van der Waals surface area contributed by atoms with E-state index < -0.39 is 0 Å². The fourth-order valence-corrected chi connectivity index (χ4v) is 3.73. The molecule has 0 amide bonds. The lowest BCUT2D eigenvalue weighted by molar-refractivity contribution is 0.122. The van der Waals surface area contributed by atoms with E-state index in [9.17, 15) is 0 Å². The Kier molecular flexibility index (Phi) is 4.31. The lowest BCUT2D eigenvalue weighted by atomic mass is 10.1. The second-order valence-electron chi connectivity index (χ2n) is 6.67. The third-order valence-electron chi connectivity index (χ3n) is 5.04. The number of hydrogen-bond acceptors (Lipinski definition) is 3. The summed E-state index contributed by atoms with van der Waals surface area (Å²) in [6.45, 7) is 7.91. The zero-order chi connectivity index (χ0) is 15.5. The highest BCUT2D eigenvalue weighted by Crippen LogP contribution is 2.27. The van der Waals surface area contributed by atoms with Crippen LogP contribution in [-0.4, -0.2) is 42.5 Å². The smallest absolute Gasteiger partial charge is 0.0419 e. The van der Waals surface area contributed by atoms with Gasteiger partial charge < -0.3 is 5.32 Å². The minimum atomic E-state index is 1.08. The van der Waals surface area contributed by atoms with Gasteiger partial charge in [0.25, 0.3) is 0 Å². The van der Waals surface area contributed by atoms with Gasteiger partial charge in [0, 0.05) is 51.5 Å². The number of hydrogen-bond donors (Lipinski definition) is 1. The molecule has 2 aliphatic rings. The van der Waals surface area contributed by atoms with Crippen LogP contribution in [0.1, 0.15) is 16.7 Å². The normalized spacial score (nSPS) is 18.6. The Labute approximate surface area is 138 Å². The van der Waals surface area contributed by atoms with E-state index in [0.717, 1.165) is 45.8 Å². The molecule has 0 radical (unpaired) electrons. The van der Waals surface area contributed by atoms with Crippen molar-refractivity contribution >= 4 is 5.69 Å². The molecule has 0 atom stereocenters. The summed E-state index contributed by atoms with van der Waals surface area (Å²) in [6.07, 6.45) is 1.17. The zero-order valence-electron chi connectivity index (χ0n) is 13.7. The van der Waals surface area contributed by atoms with Crippen LogP contribution < -0.4 is 5.32 Å². The quantitative estimate of drug-likeness (QED) is 0.937. The number of fused-ring (bicyclic) bond motifs is 1. The number of benzene rings is 2. The number of para-hydroxylation sites is 1. The highest BCUT2D eigenvalue weighted by molar-refractivity contribution is 5.61. The van der Waals surface area contributed by atoms with E-state index in [4.69, 9.17) is 0 Å². The minimum absolute atomic E-state index is 1.08. The molecule has 2 aromatic rings. The highest BCUT2D eigenvalue weighted by atomic mass is 15.3. The van der Waals surface area contributed by atoms with Crippen LogP contribution in [0.4, 0.5) is 5.69 Å². The van der Waals surface area contributed by atoms with E-state index in [0.29, 0.717) is 0 Å². The van der Waals surface area contributed by atoms with Gasteiger partial charge >= 0.3 is 0 Å². The second-order valence-corrected chi connectivity index (χ2v) is 6.67. The van der Waals surface area contributed by atoms with Crippen molar-refractivity contribution in [2.75, 3.05) is 38.0 Å². The maximum absolute atomic E-state index is 3.56. The SMILES string of the molecule is c1ccc(CN2CCN(Cc3cccc4c3NCC4)CC2)cc1. The van der Waals surface area contributed by atoms with E-state index in [2.05, 4.69) is 63.6 Å². The molecule has 4 rings (SSSR count). The summed E-state index contributed by atoms with van der Waals surface area (Å²) in [5.74, 6) is 0. The third kappa shape index (κ3) is 3.41. The third-order valence-corrected chi connectivity index (χ3v) is 5.04. The Morgan fingerprint density at radius 2 is 1.52 bits per heavy atom. The van der Waals surface area contributed by atoms with Gasteiger partial charge in [0.2, 0.25) is 0 Å². The minimum Gasteiger partial charge on any atom is -0.384 e. The molecule has 120 valence electrons. The van der Waals surface area contributed by atoms with Crippen LogP contribution in [0.5, 0.6) is 0 Å². The van der Waals surface area contributed by atoms with Crippen LogP contribution in [0, 0.1) is 0 Å². The standard InChI is InChI=1S/C20H25N3/c1-2-5-17(6-3-1)15-22-11-13-23(14-12-22)16-19-8-4-7-18-9-10-21-20(18)19/h1-8,21H,9-16H2. The van der Waals surface area contributed by atoms with Crippen LogP contribution in [0.15, 0.2) is 48.5 Å². The van der Waals surface area contributed by atoms with Crippen molar-refractivity contribution in [2.24, 2.45) is 0 Å². The molecule has 0 saturated carbocycles. The van der Waals surface area contributed by atoms with Crippen LogP contribution in [0.3, 0.4) is 0 Å². The van der Waals surface area contributed by atoms with Crippen LogP contribution in [-0.2, 0) is 19.5 Å². The molecular formula is C20H25N3. The number of piperazine rings is 1. The van der Waals surface area contributed by atoms with Crippen molar-refractivity contribution in [1.29, 1.82) is 0 Å². The van der Waals surface area contributed by atoms with Crippen molar-refractivity contribution < 1.29 is 0 Å². The summed E-state index contributed by atoms with van der Waals surface area (Å²) in [5, 5.41) is 3.56. The van der Waals surface area contributed by atoms with Crippen molar-refractivity contribution in [1.82, 2.24) is 9.80 Å². The van der Waals surface area contributed by atoms with Gasteiger partial charge in [-0.3, -0.25) is 9.80 Å². The summed E-state index contributed by atoms with van der Waals surface area (Å²) in [6, 6.07) is 17.6. The molecule has 1 fully saturated rings. The van der Waals surface area contributed by atoms with Crippen LogP contribution in [0.2, 0.25) is 0 Å². The van der Waals surface area contributed by atoms with E-state index in [1.54, 1.807) is 0 Å². The van der Waals surface area contributed by atoms with Gasteiger partial charge in [-0.15, -0.1) is 0 Å². The number of rotatable bonds is 4. The van der Waals surface area contributed by atoms with Crippen molar-refractivity contribution in [2.45, 2.75) is 19.5 Å². The van der Waals surface area contributed by atoms with Gasteiger partial charge in [0.05, 0.1) is 0 Å². The van der Waals surface area contributed by atoms with Gasteiger partial charge in [-0.05, 0) is 23.1 Å². The average molecular weight is 307 g/mol. The van der Waals surface area contributed by atoms with Gasteiger partial charge in [-0.2, -0.15) is 0 Å². The summed E-state index contributed by atoms with van der Waals surface area (Å²) >= 11 is 0. The molecule has 3 heteroatoms. The summed E-state index contributed by atoms with van der Waals surface area (Å²) in [4.78, 5) is 5.16. The first-order valence-electron chi connectivity index (χ1n) is 8.72. The molecule has 1 N–H and O–H groups in total. The summed E-state index contributed by atoms with van der Waals surface area (Å²) in [5.41, 5.74) is 5.78. The Morgan fingerprint density at radius 1 is 0.783 bits per heavy atom. The first-order chi connectivity index (χ1) is 11.4. The molecule has 2 aromatic carbocycles. The Morgan fingerprint density at radius 3 is 2.30 bits per heavy atom. The van der Waals surface area contributed by atoms with E-state index in [-0.39, 0.29) is 0 Å². The van der Waals surface area contributed by atoms with Gasteiger partial charge in [0.15, 0.2) is 0 Å². The molecule has 2 heterocycles. The van der Waals surface area contributed by atoms with Crippen molar-refractivity contribution in [3.63, 3.8) is 0 Å². The molecule has 0 unspecified atom stereocenters. The fraction of sp³-hybridized carbons (Fsp3) is 0.400. The number of anilines is 1. The van der Waals surface area contributed by atoms with Gasteiger partial charge in [0.1, 0.15) is 0 Å². The highest BCUT2D eigenvalue weighted by Gasteiger charge is 2.20. The molecule has 2 aliphatic heterocycles. The maximum Gasteiger partial charge on any atom is 0.0419 e. The first kappa shape index (κ1) is 14.7. The molecule has 0 aromatic heterocycles. The lowest BCUT2D eigenvalue weighted by Crippen LogP contribution is -2.45. The lowest BCUT2D eigenvalue weighted by Gasteiger charge is -2.35. The monoisotopic (exact) mass is 307 g/mol. The average Bonchev–Trinajstić information content (AvgIpc) is 3.07. The van der Waals surface area contributed by atoms with Crippen molar-refractivity contribution in [3.8, 4) is 0 Å². The van der Waals surface area contributed by atoms with Gasteiger partial charge in [-0.1, -0.05) is 48.5 Å². The second kappa shape index (κ2) is 6.73. The number of nitrogens with one attached hydrogen (secondary N) is 1. The Hall–Kier alpha value is -1.84. The maximum atomic E-state index is 3.56. The molecule has 1 saturated heterocycles. The zero-order valence-corrected chi connectivity index (χ0v) is 13.7. The Bertz CT molecular complexity index is 645. The molecule has 0 aliphatic carbocycles. The fourth-order valence-electron chi connectivity index (χ4n) is 3.73. The molecule has 23 heavy (non-hydrogen) atoms. The van der Waals surface area contributed by atoms with E-state index in [1.807, 2.05) is 0 Å². The van der Waals surface area contributed by atoms with Gasteiger partial charge in [-0.25, -0.2) is 0 Å². The predicted molar refractivity (Wildman–Crippen MR) is 95.6 cm³/mol. The summed E-state index contributed by atoms with van der Waals surface area (Å²) < 4.78 is 0. The van der Waals surface area contributed by atoms with Crippen LogP contribution in [0.25, 0.3) is 0 Å². The first-order valence-corrected chi connectivity index (χ1v) is 8.72. The van der Waals surface area contributed by atoms with E-state index in [1.165, 1.54) is 28.8 Å². The molecule has 3 nitrogen and oxygen atoms in total. The largest absolute Gasteiger partial charge is 0.384 e. The predicted octanol–water partition coefficient (Wildman–Crippen LogP) is 2.97. The topological polar surface area (TPSA) is 18.5 Å². The molecule has 0 spiro atoms. The van der Waals surface area contributed by atoms with Crippen molar-refractivity contribution in [3.05, 3.63) is 65.2 Å². The van der Waals surface area contributed by atoms with Crippen LogP contribution >= 0.6 is 0 Å². The number of nitrogens with zero attached hydrogens (tertiary/aromatic N) is 2. The Balaban J connectivity index is 1.33.